The Hall–Kier alpha value is -0.650. The van der Waals surface area contributed by atoms with Crippen molar-refractivity contribution < 1.29 is 19.4 Å². The normalized spacial score (nSPS) is 34.6. The van der Waals surface area contributed by atoms with Crippen LogP contribution in [0.2, 0.25) is 0 Å². The lowest BCUT2D eigenvalue weighted by Crippen LogP contribution is -2.29. The Morgan fingerprint density at radius 2 is 2.29 bits per heavy atom. The molecule has 0 aromatic carbocycles. The fourth-order valence-corrected chi connectivity index (χ4v) is 2.51. The quantitative estimate of drug-likeness (QED) is 0.796. The van der Waals surface area contributed by atoms with Crippen LogP contribution in [0.15, 0.2) is 0 Å². The third kappa shape index (κ3) is 3.18. The summed E-state index contributed by atoms with van der Waals surface area (Å²) in [6.07, 6.45) is 0.863. The first-order valence-electron chi connectivity index (χ1n) is 6.30. The van der Waals surface area contributed by atoms with Crippen molar-refractivity contribution in [1.29, 1.82) is 0 Å². The largest absolute Gasteiger partial charge is 0.479 e. The van der Waals surface area contributed by atoms with E-state index < -0.39 is 12.1 Å². The summed E-state index contributed by atoms with van der Waals surface area (Å²) < 4.78 is 10.7. The molecule has 0 aliphatic carbocycles. The molecule has 98 valence electrons. The standard InChI is InChI=1S/C12H21NO4/c1-8(2)13-4-3-9(6-13)5-11-16-7-10(17-11)12(14)15/h8-11H,3-7H2,1-2H3,(H,14,15). The van der Waals surface area contributed by atoms with E-state index in [9.17, 15) is 4.79 Å². The van der Waals surface area contributed by atoms with Crippen molar-refractivity contribution in [3.05, 3.63) is 0 Å². The molecular formula is C12H21NO4. The molecule has 3 atom stereocenters. The van der Waals surface area contributed by atoms with Crippen molar-refractivity contribution in [2.24, 2.45) is 5.92 Å². The van der Waals surface area contributed by atoms with E-state index in [0.717, 1.165) is 25.9 Å². The van der Waals surface area contributed by atoms with Crippen molar-refractivity contribution in [1.82, 2.24) is 4.90 Å². The molecule has 2 fully saturated rings. The molecule has 0 amide bonds. The summed E-state index contributed by atoms with van der Waals surface area (Å²) in [4.78, 5) is 13.2. The van der Waals surface area contributed by atoms with Crippen LogP contribution in [0.5, 0.6) is 0 Å². The van der Waals surface area contributed by atoms with E-state index in [2.05, 4.69) is 18.7 Å². The minimum absolute atomic E-state index is 0.181. The second kappa shape index (κ2) is 5.33. The Morgan fingerprint density at radius 1 is 1.53 bits per heavy atom. The van der Waals surface area contributed by atoms with Crippen LogP contribution in [0.1, 0.15) is 26.7 Å². The monoisotopic (exact) mass is 243 g/mol. The van der Waals surface area contributed by atoms with Crippen molar-refractivity contribution >= 4 is 5.97 Å². The van der Waals surface area contributed by atoms with Crippen molar-refractivity contribution in [2.45, 2.75) is 45.1 Å². The SMILES string of the molecule is CC(C)N1CCC(CC2OCC(C(=O)O)O2)C1. The minimum Gasteiger partial charge on any atom is -0.479 e. The fraction of sp³-hybridized carbons (Fsp3) is 0.917. The van der Waals surface area contributed by atoms with Crippen LogP contribution in [0.25, 0.3) is 0 Å². The third-order valence-corrected chi connectivity index (χ3v) is 3.60. The molecule has 2 aliphatic heterocycles. The van der Waals surface area contributed by atoms with E-state index in [1.807, 2.05) is 0 Å². The van der Waals surface area contributed by atoms with Gasteiger partial charge in [-0.1, -0.05) is 0 Å². The molecule has 5 heteroatoms. The van der Waals surface area contributed by atoms with Gasteiger partial charge in [0.2, 0.25) is 0 Å². The minimum atomic E-state index is -0.928. The molecule has 2 aliphatic rings. The molecule has 0 saturated carbocycles. The van der Waals surface area contributed by atoms with Crippen LogP contribution in [0.3, 0.4) is 0 Å². The second-order valence-electron chi connectivity index (χ2n) is 5.20. The molecule has 2 rings (SSSR count). The van der Waals surface area contributed by atoms with E-state index in [4.69, 9.17) is 14.6 Å². The van der Waals surface area contributed by atoms with Gasteiger partial charge in [0.15, 0.2) is 12.4 Å². The van der Waals surface area contributed by atoms with Crippen LogP contribution in [-0.4, -0.2) is 54.1 Å². The molecular weight excluding hydrogens is 222 g/mol. The van der Waals surface area contributed by atoms with Gasteiger partial charge in [-0.15, -0.1) is 0 Å². The second-order valence-corrected chi connectivity index (χ2v) is 5.20. The first-order chi connectivity index (χ1) is 8.06. The molecule has 5 nitrogen and oxygen atoms in total. The average Bonchev–Trinajstić information content (AvgIpc) is 2.87. The van der Waals surface area contributed by atoms with Gasteiger partial charge in [-0.25, -0.2) is 4.79 Å². The zero-order chi connectivity index (χ0) is 12.4. The average molecular weight is 243 g/mol. The highest BCUT2D eigenvalue weighted by molar-refractivity contribution is 5.72. The van der Waals surface area contributed by atoms with Gasteiger partial charge in [0.05, 0.1) is 6.61 Å². The van der Waals surface area contributed by atoms with Crippen molar-refractivity contribution in [3.8, 4) is 0 Å². The lowest BCUT2D eigenvalue weighted by atomic mass is 10.1. The Labute approximate surface area is 102 Å². The third-order valence-electron chi connectivity index (χ3n) is 3.60. The fourth-order valence-electron chi connectivity index (χ4n) is 2.51. The van der Waals surface area contributed by atoms with Gasteiger partial charge < -0.3 is 19.5 Å². The summed E-state index contributed by atoms with van der Waals surface area (Å²) in [5.41, 5.74) is 0. The number of carboxylic acid groups (broad SMARTS) is 1. The summed E-state index contributed by atoms with van der Waals surface area (Å²) in [6.45, 7) is 6.77. The molecule has 1 N–H and O–H groups in total. The number of nitrogens with zero attached hydrogens (tertiary/aromatic N) is 1. The van der Waals surface area contributed by atoms with Crippen LogP contribution < -0.4 is 0 Å². The molecule has 0 bridgehead atoms. The topological polar surface area (TPSA) is 59.0 Å². The van der Waals surface area contributed by atoms with Gasteiger partial charge in [-0.3, -0.25) is 0 Å². The number of hydrogen-bond donors (Lipinski definition) is 1. The van der Waals surface area contributed by atoms with E-state index in [1.165, 1.54) is 0 Å². The van der Waals surface area contributed by atoms with Crippen LogP contribution >= 0.6 is 0 Å². The number of ether oxygens (including phenoxy) is 2. The molecule has 0 aromatic heterocycles. The Balaban J connectivity index is 1.74. The van der Waals surface area contributed by atoms with Gasteiger partial charge >= 0.3 is 5.97 Å². The van der Waals surface area contributed by atoms with Crippen LogP contribution in [-0.2, 0) is 14.3 Å². The van der Waals surface area contributed by atoms with E-state index in [0.29, 0.717) is 12.0 Å². The molecule has 0 aromatic rings. The smallest absolute Gasteiger partial charge is 0.335 e. The number of aliphatic carboxylic acids is 1. The maximum Gasteiger partial charge on any atom is 0.335 e. The molecule has 0 spiro atoms. The lowest BCUT2D eigenvalue weighted by molar-refractivity contribution is -0.151. The van der Waals surface area contributed by atoms with E-state index in [1.54, 1.807) is 0 Å². The summed E-state index contributed by atoms with van der Waals surface area (Å²) in [7, 11) is 0. The van der Waals surface area contributed by atoms with Gasteiger partial charge in [-0.2, -0.15) is 0 Å². The molecule has 0 radical (unpaired) electrons. The van der Waals surface area contributed by atoms with Crippen LogP contribution in [0, 0.1) is 5.92 Å². The molecule has 17 heavy (non-hydrogen) atoms. The van der Waals surface area contributed by atoms with Crippen molar-refractivity contribution in [3.63, 3.8) is 0 Å². The highest BCUT2D eigenvalue weighted by Gasteiger charge is 2.34. The van der Waals surface area contributed by atoms with Gasteiger partial charge in [0, 0.05) is 19.0 Å². The zero-order valence-electron chi connectivity index (χ0n) is 10.5. The number of carboxylic acids is 1. The van der Waals surface area contributed by atoms with Gasteiger partial charge in [0.1, 0.15) is 0 Å². The Kier molecular flexibility index (Phi) is 4.01. The maximum absolute atomic E-state index is 10.7. The lowest BCUT2D eigenvalue weighted by Gasteiger charge is -2.21. The van der Waals surface area contributed by atoms with Gasteiger partial charge in [-0.05, 0) is 32.7 Å². The molecule has 3 unspecified atom stereocenters. The summed E-state index contributed by atoms with van der Waals surface area (Å²) in [6, 6.07) is 0.581. The molecule has 2 heterocycles. The summed E-state index contributed by atoms with van der Waals surface area (Å²) in [5, 5.41) is 8.79. The zero-order valence-corrected chi connectivity index (χ0v) is 10.5. The predicted octanol–water partition coefficient (Wildman–Crippen LogP) is 0.933. The first kappa shape index (κ1) is 12.8. The van der Waals surface area contributed by atoms with Crippen molar-refractivity contribution in [2.75, 3.05) is 19.7 Å². The van der Waals surface area contributed by atoms with Gasteiger partial charge in [0.25, 0.3) is 0 Å². The summed E-state index contributed by atoms with van der Waals surface area (Å²) in [5.74, 6) is -0.363. The predicted molar refractivity (Wildman–Crippen MR) is 61.7 cm³/mol. The first-order valence-corrected chi connectivity index (χ1v) is 6.30. The number of hydrogen-bond acceptors (Lipinski definition) is 4. The maximum atomic E-state index is 10.7. The number of carbonyl (C=O) groups is 1. The Morgan fingerprint density at radius 3 is 2.82 bits per heavy atom. The molecule has 2 saturated heterocycles. The highest BCUT2D eigenvalue weighted by atomic mass is 16.7. The van der Waals surface area contributed by atoms with Crippen LogP contribution in [0.4, 0.5) is 0 Å². The number of likely N-dealkylation sites (tertiary alicyclic amines) is 1. The number of rotatable bonds is 4. The Bertz CT molecular complexity index is 282. The van der Waals surface area contributed by atoms with E-state index in [-0.39, 0.29) is 12.9 Å². The van der Waals surface area contributed by atoms with E-state index >= 15 is 0 Å². The summed E-state index contributed by atoms with van der Waals surface area (Å²) >= 11 is 0. The highest BCUT2D eigenvalue weighted by Crippen LogP contribution is 2.26.